The van der Waals surface area contributed by atoms with Gasteiger partial charge in [-0.2, -0.15) is 0 Å². The molecule has 0 amide bonds. The van der Waals surface area contributed by atoms with E-state index in [2.05, 4.69) is 10.0 Å². The molecule has 0 unspecified atom stereocenters. The lowest BCUT2D eigenvalue weighted by Gasteiger charge is -2.10. The molecule has 1 aromatic carbocycles. The van der Waals surface area contributed by atoms with Gasteiger partial charge < -0.3 is 10.4 Å². The maximum Gasteiger partial charge on any atom is 0.303 e. The summed E-state index contributed by atoms with van der Waals surface area (Å²) in [5, 5.41) is 11.6. The molecular weight excluding hydrogens is 340 g/mol. The summed E-state index contributed by atoms with van der Waals surface area (Å²) >= 11 is 0. The van der Waals surface area contributed by atoms with E-state index in [1.165, 1.54) is 0 Å². The molecule has 0 fully saturated rings. The number of aryl methyl sites for hydroxylation is 1. The Kier molecular flexibility index (Phi) is 9.52. The normalized spacial score (nSPS) is 11.6. The third-order valence-corrected chi connectivity index (χ3v) is 5.76. The average molecular weight is 371 g/mol. The van der Waals surface area contributed by atoms with Crippen LogP contribution in [0.1, 0.15) is 51.5 Å². The summed E-state index contributed by atoms with van der Waals surface area (Å²) in [6.07, 6.45) is 4.40. The molecule has 0 spiro atoms. The molecular formula is C18H30N2O4S. The van der Waals surface area contributed by atoms with Crippen molar-refractivity contribution in [3.05, 3.63) is 29.8 Å². The summed E-state index contributed by atoms with van der Waals surface area (Å²) in [5.74, 6) is -0.754. The van der Waals surface area contributed by atoms with E-state index in [1.54, 1.807) is 13.8 Å². The molecule has 1 aromatic rings. The number of carboxylic acids is 1. The maximum atomic E-state index is 11.6. The third-order valence-electron chi connectivity index (χ3n) is 3.92. The van der Waals surface area contributed by atoms with E-state index in [0.29, 0.717) is 13.0 Å². The van der Waals surface area contributed by atoms with Crippen LogP contribution >= 0.6 is 0 Å². The van der Waals surface area contributed by atoms with Gasteiger partial charge in [-0.15, -0.1) is 0 Å². The first kappa shape index (κ1) is 21.4. The van der Waals surface area contributed by atoms with Gasteiger partial charge in [0.15, 0.2) is 0 Å². The smallest absolute Gasteiger partial charge is 0.303 e. The minimum Gasteiger partial charge on any atom is -0.481 e. The van der Waals surface area contributed by atoms with E-state index in [1.807, 2.05) is 24.3 Å². The number of carbonyl (C=O) groups is 1. The zero-order chi connectivity index (χ0) is 18.7. The molecule has 7 heteroatoms. The van der Waals surface area contributed by atoms with E-state index in [0.717, 1.165) is 43.5 Å². The van der Waals surface area contributed by atoms with Crippen molar-refractivity contribution in [1.82, 2.24) is 4.72 Å². The molecule has 0 bridgehead atoms. The van der Waals surface area contributed by atoms with Crippen LogP contribution in [0, 0.1) is 0 Å². The largest absolute Gasteiger partial charge is 0.481 e. The number of unbranched alkanes of at least 4 members (excludes halogenated alkanes) is 2. The van der Waals surface area contributed by atoms with Gasteiger partial charge in [0.1, 0.15) is 0 Å². The topological polar surface area (TPSA) is 95.5 Å². The van der Waals surface area contributed by atoms with Crippen molar-refractivity contribution < 1.29 is 18.3 Å². The SMILES string of the molecule is CC(C)S(=O)(=O)NCCCCCNc1ccc(CCCC(=O)O)cc1. The summed E-state index contributed by atoms with van der Waals surface area (Å²) in [4.78, 5) is 10.5. The van der Waals surface area contributed by atoms with Gasteiger partial charge in [-0.25, -0.2) is 13.1 Å². The number of nitrogens with one attached hydrogen (secondary N) is 2. The minimum absolute atomic E-state index is 0.202. The van der Waals surface area contributed by atoms with E-state index in [4.69, 9.17) is 5.11 Å². The van der Waals surface area contributed by atoms with Crippen LogP contribution in [0.5, 0.6) is 0 Å². The Hall–Kier alpha value is -1.60. The number of anilines is 1. The van der Waals surface area contributed by atoms with E-state index in [-0.39, 0.29) is 11.7 Å². The van der Waals surface area contributed by atoms with Crippen LogP contribution in [0.15, 0.2) is 24.3 Å². The zero-order valence-corrected chi connectivity index (χ0v) is 15.9. The maximum absolute atomic E-state index is 11.6. The lowest BCUT2D eigenvalue weighted by Crippen LogP contribution is -2.31. The van der Waals surface area contributed by atoms with Crippen molar-refractivity contribution in [3.63, 3.8) is 0 Å². The number of sulfonamides is 1. The molecule has 0 saturated heterocycles. The fourth-order valence-corrected chi connectivity index (χ4v) is 3.04. The summed E-state index contributed by atoms with van der Waals surface area (Å²) in [6, 6.07) is 8.05. The van der Waals surface area contributed by atoms with E-state index < -0.39 is 16.0 Å². The van der Waals surface area contributed by atoms with Gasteiger partial charge >= 0.3 is 5.97 Å². The molecule has 1 rings (SSSR count). The fraction of sp³-hybridized carbons (Fsp3) is 0.611. The molecule has 0 saturated carbocycles. The molecule has 25 heavy (non-hydrogen) atoms. The second kappa shape index (κ2) is 11.1. The summed E-state index contributed by atoms with van der Waals surface area (Å²) in [5.41, 5.74) is 2.19. The zero-order valence-electron chi connectivity index (χ0n) is 15.1. The molecule has 0 aliphatic heterocycles. The Morgan fingerprint density at radius 1 is 1.04 bits per heavy atom. The number of carboxylic acid groups (broad SMARTS) is 1. The van der Waals surface area contributed by atoms with Crippen molar-refractivity contribution >= 4 is 21.7 Å². The highest BCUT2D eigenvalue weighted by atomic mass is 32.2. The first-order chi connectivity index (χ1) is 11.8. The lowest BCUT2D eigenvalue weighted by atomic mass is 10.1. The van der Waals surface area contributed by atoms with Gasteiger partial charge in [-0.1, -0.05) is 18.6 Å². The van der Waals surface area contributed by atoms with Crippen LogP contribution in [0.2, 0.25) is 0 Å². The molecule has 0 aromatic heterocycles. The Labute approximate surface area is 151 Å². The molecule has 0 aliphatic rings. The average Bonchev–Trinajstić information content (AvgIpc) is 2.54. The Balaban J connectivity index is 2.13. The van der Waals surface area contributed by atoms with Gasteiger partial charge in [-0.3, -0.25) is 4.79 Å². The number of rotatable bonds is 13. The van der Waals surface area contributed by atoms with Gasteiger partial charge in [0.05, 0.1) is 5.25 Å². The first-order valence-electron chi connectivity index (χ1n) is 8.84. The van der Waals surface area contributed by atoms with Crippen molar-refractivity contribution in [2.45, 2.75) is 57.6 Å². The predicted molar refractivity (Wildman–Crippen MR) is 101 cm³/mol. The molecule has 0 radical (unpaired) electrons. The summed E-state index contributed by atoms with van der Waals surface area (Å²) in [6.45, 7) is 4.67. The van der Waals surface area contributed by atoms with Crippen molar-refractivity contribution in [3.8, 4) is 0 Å². The number of hydrogen-bond donors (Lipinski definition) is 3. The fourth-order valence-electron chi connectivity index (χ4n) is 2.27. The highest BCUT2D eigenvalue weighted by Gasteiger charge is 2.13. The Morgan fingerprint density at radius 2 is 1.68 bits per heavy atom. The molecule has 0 atom stereocenters. The lowest BCUT2D eigenvalue weighted by molar-refractivity contribution is -0.137. The molecule has 6 nitrogen and oxygen atoms in total. The van der Waals surface area contributed by atoms with Gasteiger partial charge in [0, 0.05) is 25.2 Å². The van der Waals surface area contributed by atoms with Crippen LogP contribution in [-0.2, 0) is 21.2 Å². The van der Waals surface area contributed by atoms with E-state index in [9.17, 15) is 13.2 Å². The van der Waals surface area contributed by atoms with Crippen LogP contribution in [0.4, 0.5) is 5.69 Å². The summed E-state index contributed by atoms with van der Waals surface area (Å²) in [7, 11) is -3.15. The van der Waals surface area contributed by atoms with Crippen LogP contribution in [0.3, 0.4) is 0 Å². The third kappa shape index (κ3) is 9.45. The predicted octanol–water partition coefficient (Wildman–Crippen LogP) is 3.00. The van der Waals surface area contributed by atoms with Crippen molar-refractivity contribution in [1.29, 1.82) is 0 Å². The molecule has 0 aliphatic carbocycles. The Morgan fingerprint density at radius 3 is 2.28 bits per heavy atom. The highest BCUT2D eigenvalue weighted by Crippen LogP contribution is 2.12. The van der Waals surface area contributed by atoms with Gasteiger partial charge in [-0.05, 0) is 57.2 Å². The van der Waals surface area contributed by atoms with E-state index >= 15 is 0 Å². The second-order valence-corrected chi connectivity index (χ2v) is 8.74. The molecule has 0 heterocycles. The van der Waals surface area contributed by atoms with Crippen molar-refractivity contribution in [2.24, 2.45) is 0 Å². The number of aliphatic carboxylic acids is 1. The van der Waals surface area contributed by atoms with Crippen molar-refractivity contribution in [2.75, 3.05) is 18.4 Å². The highest BCUT2D eigenvalue weighted by molar-refractivity contribution is 7.90. The standard InChI is InChI=1S/C18H30N2O4S/c1-15(2)25(23,24)20-14-5-3-4-13-19-17-11-9-16(10-12-17)7-6-8-18(21)22/h9-12,15,19-20H,3-8,13-14H2,1-2H3,(H,21,22). The van der Waals surface area contributed by atoms with Crippen LogP contribution < -0.4 is 10.0 Å². The quantitative estimate of drug-likeness (QED) is 0.464. The van der Waals surface area contributed by atoms with Gasteiger partial charge in [0.2, 0.25) is 10.0 Å². The monoisotopic (exact) mass is 370 g/mol. The molecule has 3 N–H and O–H groups in total. The molecule has 142 valence electrons. The Bertz CT molecular complexity index is 612. The summed E-state index contributed by atoms with van der Waals surface area (Å²) < 4.78 is 25.8. The van der Waals surface area contributed by atoms with Gasteiger partial charge in [0.25, 0.3) is 0 Å². The van der Waals surface area contributed by atoms with Crippen LogP contribution in [0.25, 0.3) is 0 Å². The minimum atomic E-state index is -3.15. The second-order valence-electron chi connectivity index (χ2n) is 6.42. The number of benzene rings is 1. The van der Waals surface area contributed by atoms with Crippen LogP contribution in [-0.4, -0.2) is 37.8 Å². The first-order valence-corrected chi connectivity index (χ1v) is 10.4. The number of hydrogen-bond acceptors (Lipinski definition) is 4.